The monoisotopic (exact) mass is 318 g/mol. The van der Waals surface area contributed by atoms with E-state index in [1.54, 1.807) is 5.38 Å². The summed E-state index contributed by atoms with van der Waals surface area (Å²) in [7, 11) is 0. The molecule has 0 spiro atoms. The Bertz CT molecular complexity index is 667. The lowest BCUT2D eigenvalue weighted by Crippen LogP contribution is -2.13. The van der Waals surface area contributed by atoms with E-state index >= 15 is 0 Å². The summed E-state index contributed by atoms with van der Waals surface area (Å²) in [5, 5.41) is 4.78. The van der Waals surface area contributed by atoms with Gasteiger partial charge in [0, 0.05) is 18.7 Å². The van der Waals surface area contributed by atoms with Crippen LogP contribution in [0.5, 0.6) is 5.75 Å². The number of ether oxygens (including phenoxy) is 1. The number of carbonyl (C=O) groups excluding carboxylic acids is 2. The fourth-order valence-corrected chi connectivity index (χ4v) is 2.57. The van der Waals surface area contributed by atoms with Gasteiger partial charge < -0.3 is 10.1 Å². The van der Waals surface area contributed by atoms with Crippen molar-refractivity contribution in [2.24, 2.45) is 0 Å². The molecule has 0 saturated heterocycles. The molecule has 116 valence electrons. The molecule has 2 rings (SSSR count). The fraction of sp³-hybridized carbons (Fsp3) is 0.312. The van der Waals surface area contributed by atoms with Crippen molar-refractivity contribution in [3.63, 3.8) is 0 Å². The summed E-state index contributed by atoms with van der Waals surface area (Å²) < 4.78 is 5.64. The number of hydrogen-bond donors (Lipinski definition) is 1. The number of nitrogens with zero attached hydrogens (tertiary/aromatic N) is 1. The van der Waals surface area contributed by atoms with Gasteiger partial charge in [0.15, 0.2) is 10.9 Å². The summed E-state index contributed by atoms with van der Waals surface area (Å²) in [6, 6.07) is 7.77. The Morgan fingerprint density at radius 1 is 1.32 bits per heavy atom. The van der Waals surface area contributed by atoms with Crippen LogP contribution in [0, 0.1) is 6.92 Å². The summed E-state index contributed by atoms with van der Waals surface area (Å²) in [6.45, 7) is 3.91. The minimum absolute atomic E-state index is 0.108. The van der Waals surface area contributed by atoms with Gasteiger partial charge in [0.2, 0.25) is 5.91 Å². The number of anilines is 1. The average Bonchev–Trinajstić information content (AvgIpc) is 2.94. The van der Waals surface area contributed by atoms with Crippen LogP contribution in [0.4, 0.5) is 5.13 Å². The van der Waals surface area contributed by atoms with E-state index in [2.05, 4.69) is 10.3 Å². The third kappa shape index (κ3) is 4.66. The van der Waals surface area contributed by atoms with Crippen LogP contribution in [0.3, 0.4) is 0 Å². The summed E-state index contributed by atoms with van der Waals surface area (Å²) in [5.41, 5.74) is 1.45. The fourth-order valence-electron chi connectivity index (χ4n) is 1.81. The number of hydrogen-bond acceptors (Lipinski definition) is 5. The highest BCUT2D eigenvalue weighted by molar-refractivity contribution is 7.14. The van der Waals surface area contributed by atoms with E-state index < -0.39 is 0 Å². The number of rotatable bonds is 7. The van der Waals surface area contributed by atoms with Crippen LogP contribution in [-0.2, 0) is 4.79 Å². The van der Waals surface area contributed by atoms with Crippen LogP contribution >= 0.6 is 11.3 Å². The molecule has 22 heavy (non-hydrogen) atoms. The number of ketones is 1. The molecule has 0 aliphatic heterocycles. The Morgan fingerprint density at radius 2 is 2.09 bits per heavy atom. The van der Waals surface area contributed by atoms with Gasteiger partial charge in [-0.1, -0.05) is 18.2 Å². The molecular weight excluding hydrogens is 300 g/mol. The van der Waals surface area contributed by atoms with Crippen LogP contribution in [-0.4, -0.2) is 23.3 Å². The zero-order valence-electron chi connectivity index (χ0n) is 12.6. The van der Waals surface area contributed by atoms with Gasteiger partial charge >= 0.3 is 0 Å². The van der Waals surface area contributed by atoms with Crippen molar-refractivity contribution in [3.8, 4) is 5.75 Å². The van der Waals surface area contributed by atoms with Gasteiger partial charge in [-0.25, -0.2) is 4.98 Å². The first-order valence-corrected chi connectivity index (χ1v) is 7.89. The Hall–Kier alpha value is -2.21. The molecule has 6 heteroatoms. The normalized spacial score (nSPS) is 10.3. The van der Waals surface area contributed by atoms with Gasteiger partial charge in [-0.15, -0.1) is 11.3 Å². The van der Waals surface area contributed by atoms with Gasteiger partial charge in [-0.2, -0.15) is 0 Å². The molecule has 1 N–H and O–H groups in total. The van der Waals surface area contributed by atoms with E-state index in [9.17, 15) is 9.59 Å². The Balaban J connectivity index is 1.71. The number of carbonyl (C=O) groups is 2. The van der Waals surface area contributed by atoms with E-state index in [1.807, 2.05) is 31.2 Å². The van der Waals surface area contributed by atoms with Crippen molar-refractivity contribution < 1.29 is 14.3 Å². The molecule has 0 saturated carbocycles. The number of nitrogens with one attached hydrogen (secondary N) is 1. The van der Waals surface area contributed by atoms with Crippen LogP contribution in [0.25, 0.3) is 0 Å². The zero-order chi connectivity index (χ0) is 15.9. The van der Waals surface area contributed by atoms with E-state index in [0.717, 1.165) is 11.3 Å². The highest BCUT2D eigenvalue weighted by Crippen LogP contribution is 2.17. The van der Waals surface area contributed by atoms with Crippen molar-refractivity contribution >= 4 is 28.2 Å². The molecule has 0 bridgehead atoms. The molecule has 0 aliphatic carbocycles. The number of thiazole rings is 1. The minimum Gasteiger partial charge on any atom is -0.493 e. The van der Waals surface area contributed by atoms with Crippen LogP contribution in [0.15, 0.2) is 29.6 Å². The largest absolute Gasteiger partial charge is 0.493 e. The van der Waals surface area contributed by atoms with Crippen LogP contribution in [0.1, 0.15) is 35.8 Å². The second-order valence-electron chi connectivity index (χ2n) is 4.86. The maximum Gasteiger partial charge on any atom is 0.226 e. The van der Waals surface area contributed by atoms with E-state index in [0.29, 0.717) is 30.3 Å². The first-order valence-electron chi connectivity index (χ1n) is 7.01. The molecule has 0 atom stereocenters. The molecule has 1 aromatic heterocycles. The molecule has 2 aromatic rings. The summed E-state index contributed by atoms with van der Waals surface area (Å²) in [4.78, 5) is 27.0. The Morgan fingerprint density at radius 3 is 2.77 bits per heavy atom. The Kier molecular flexibility index (Phi) is 5.66. The number of aromatic nitrogens is 1. The lowest BCUT2D eigenvalue weighted by Gasteiger charge is -2.08. The number of benzene rings is 1. The number of para-hydroxylation sites is 1. The molecule has 5 nitrogen and oxygen atoms in total. The van der Waals surface area contributed by atoms with Crippen molar-refractivity contribution in [1.82, 2.24) is 4.98 Å². The second-order valence-corrected chi connectivity index (χ2v) is 5.72. The van der Waals surface area contributed by atoms with Crippen molar-refractivity contribution in [1.29, 1.82) is 0 Å². The van der Waals surface area contributed by atoms with E-state index in [1.165, 1.54) is 18.3 Å². The average molecular weight is 318 g/mol. The quantitative estimate of drug-likeness (QED) is 0.627. The number of amides is 1. The van der Waals surface area contributed by atoms with Gasteiger partial charge in [-0.05, 0) is 25.0 Å². The third-order valence-electron chi connectivity index (χ3n) is 3.01. The Labute approximate surface area is 133 Å². The predicted molar refractivity (Wildman–Crippen MR) is 86.7 cm³/mol. The van der Waals surface area contributed by atoms with Gasteiger partial charge in [0.25, 0.3) is 0 Å². The molecule has 0 aliphatic rings. The highest BCUT2D eigenvalue weighted by atomic mass is 32.1. The lowest BCUT2D eigenvalue weighted by molar-refractivity contribution is -0.116. The molecule has 1 aromatic carbocycles. The number of aryl methyl sites for hydroxylation is 1. The predicted octanol–water partition coefficient (Wildman–Crippen LogP) is 3.45. The third-order valence-corrected chi connectivity index (χ3v) is 3.77. The van der Waals surface area contributed by atoms with Crippen molar-refractivity contribution in [3.05, 3.63) is 40.9 Å². The minimum atomic E-state index is -0.127. The maximum atomic E-state index is 11.8. The second kappa shape index (κ2) is 7.70. The van der Waals surface area contributed by atoms with Crippen LogP contribution < -0.4 is 10.1 Å². The lowest BCUT2D eigenvalue weighted by atomic mass is 10.2. The maximum absolute atomic E-state index is 11.8. The number of Topliss-reactive ketones (excluding diaryl/α,β-unsaturated/α-hetero) is 1. The zero-order valence-corrected chi connectivity index (χ0v) is 13.4. The van der Waals surface area contributed by atoms with Crippen molar-refractivity contribution in [2.75, 3.05) is 11.9 Å². The summed E-state index contributed by atoms with van der Waals surface area (Å²) in [6.07, 6.45) is 0.964. The molecule has 1 heterocycles. The first kappa shape index (κ1) is 16.2. The van der Waals surface area contributed by atoms with E-state index in [-0.39, 0.29) is 11.7 Å². The summed E-state index contributed by atoms with van der Waals surface area (Å²) in [5.74, 6) is 0.607. The van der Waals surface area contributed by atoms with Gasteiger partial charge in [0.1, 0.15) is 11.4 Å². The topological polar surface area (TPSA) is 68.3 Å². The van der Waals surface area contributed by atoms with Crippen molar-refractivity contribution in [2.45, 2.75) is 26.7 Å². The van der Waals surface area contributed by atoms with Gasteiger partial charge in [-0.3, -0.25) is 9.59 Å². The molecule has 0 radical (unpaired) electrons. The highest BCUT2D eigenvalue weighted by Gasteiger charge is 2.09. The van der Waals surface area contributed by atoms with Gasteiger partial charge in [0.05, 0.1) is 6.61 Å². The smallest absolute Gasteiger partial charge is 0.226 e. The molecular formula is C16H18N2O3S. The molecule has 0 fully saturated rings. The first-order chi connectivity index (χ1) is 10.6. The van der Waals surface area contributed by atoms with E-state index in [4.69, 9.17) is 4.74 Å². The summed E-state index contributed by atoms with van der Waals surface area (Å²) >= 11 is 1.25. The van der Waals surface area contributed by atoms with Crippen LogP contribution in [0.2, 0.25) is 0 Å². The standard InChI is InChI=1S/C16H18N2O3S/c1-11-6-3-4-7-14(11)21-9-5-8-15(20)18-16-17-13(10-22-16)12(2)19/h3-4,6-7,10H,5,8-9H2,1-2H3,(H,17,18,20). The molecule has 0 unspecified atom stereocenters. The molecule has 1 amide bonds. The SMILES string of the molecule is CC(=O)c1csc(NC(=O)CCCOc2ccccc2C)n1.